The molecular formula is C22H26N2O4S. The molecule has 0 aliphatic carbocycles. The summed E-state index contributed by atoms with van der Waals surface area (Å²) in [4.78, 5) is 28.2. The fourth-order valence-corrected chi connectivity index (χ4v) is 4.56. The van der Waals surface area contributed by atoms with Gasteiger partial charge in [-0.1, -0.05) is 12.1 Å². The Bertz CT molecular complexity index is 942. The van der Waals surface area contributed by atoms with Crippen molar-refractivity contribution in [2.75, 3.05) is 24.6 Å². The molecule has 2 amide bonds. The van der Waals surface area contributed by atoms with E-state index < -0.39 is 10.8 Å². The Kier molecular flexibility index (Phi) is 6.82. The number of rotatable bonds is 7. The highest BCUT2D eigenvalue weighted by Gasteiger charge is 2.30. The predicted octanol–water partition coefficient (Wildman–Crippen LogP) is 3.38. The summed E-state index contributed by atoms with van der Waals surface area (Å²) in [5.41, 5.74) is 1.38. The quantitative estimate of drug-likeness (QED) is 0.705. The van der Waals surface area contributed by atoms with Crippen LogP contribution < -0.4 is 10.2 Å². The molecule has 154 valence electrons. The summed E-state index contributed by atoms with van der Waals surface area (Å²) >= 11 is 0. The van der Waals surface area contributed by atoms with E-state index in [9.17, 15) is 13.8 Å². The number of carbonyl (C=O) groups is 2. The van der Waals surface area contributed by atoms with Crippen molar-refractivity contribution in [2.24, 2.45) is 0 Å². The van der Waals surface area contributed by atoms with Crippen LogP contribution in [0, 0.1) is 0 Å². The molecule has 0 saturated heterocycles. The zero-order valence-corrected chi connectivity index (χ0v) is 17.8. The average molecular weight is 415 g/mol. The van der Waals surface area contributed by atoms with Gasteiger partial charge in [0.05, 0.1) is 37.9 Å². The number of ether oxygens (including phenoxy) is 1. The van der Waals surface area contributed by atoms with Crippen LogP contribution in [0.3, 0.4) is 0 Å². The Morgan fingerprint density at radius 3 is 2.66 bits per heavy atom. The molecule has 29 heavy (non-hydrogen) atoms. The molecule has 1 atom stereocenters. The minimum atomic E-state index is -1.50. The maximum absolute atomic E-state index is 13.1. The predicted molar refractivity (Wildman–Crippen MR) is 113 cm³/mol. The second-order valence-corrected chi connectivity index (χ2v) is 8.44. The smallest absolute Gasteiger partial charge is 0.259 e. The molecular weight excluding hydrogens is 388 g/mol. The number of anilines is 1. The minimum absolute atomic E-state index is 0.165. The van der Waals surface area contributed by atoms with Gasteiger partial charge in [0.15, 0.2) is 0 Å². The fraction of sp³-hybridized carbons (Fsp3) is 0.364. The number of benzene rings is 2. The standard InChI is InChI=1S/C22H26N2O4S/c1-4-24-18-14-16(21(25)23-12-7-13-28-15(2)3)10-11-20(18)29(27)19-9-6-5-8-17(19)22(24)26/h5-6,8-11,14-15H,4,7,12-13H2,1-3H3,(H,23,25)/t29-/m1/s1. The third-order valence-corrected chi connectivity index (χ3v) is 6.15. The van der Waals surface area contributed by atoms with Crippen LogP contribution in [0.4, 0.5) is 5.69 Å². The maximum atomic E-state index is 13.1. The molecule has 1 aliphatic heterocycles. The van der Waals surface area contributed by atoms with Gasteiger partial charge in [-0.2, -0.15) is 0 Å². The van der Waals surface area contributed by atoms with Crippen molar-refractivity contribution in [2.45, 2.75) is 43.1 Å². The van der Waals surface area contributed by atoms with Crippen molar-refractivity contribution in [1.82, 2.24) is 5.32 Å². The number of amides is 2. The van der Waals surface area contributed by atoms with E-state index in [1.54, 1.807) is 47.4 Å². The average Bonchev–Trinajstić information content (AvgIpc) is 2.81. The van der Waals surface area contributed by atoms with Gasteiger partial charge in [-0.05, 0) is 57.5 Å². The highest BCUT2D eigenvalue weighted by molar-refractivity contribution is 7.85. The van der Waals surface area contributed by atoms with Crippen LogP contribution in [0.25, 0.3) is 0 Å². The van der Waals surface area contributed by atoms with Crippen molar-refractivity contribution in [3.05, 3.63) is 53.6 Å². The molecule has 2 aromatic carbocycles. The number of carbonyl (C=O) groups excluding carboxylic acids is 2. The van der Waals surface area contributed by atoms with E-state index >= 15 is 0 Å². The molecule has 0 bridgehead atoms. The van der Waals surface area contributed by atoms with Gasteiger partial charge < -0.3 is 15.0 Å². The number of hydrogen-bond donors (Lipinski definition) is 1. The fourth-order valence-electron chi connectivity index (χ4n) is 3.21. The summed E-state index contributed by atoms with van der Waals surface area (Å²) in [5, 5.41) is 2.87. The van der Waals surface area contributed by atoms with Gasteiger partial charge in [-0.3, -0.25) is 9.59 Å². The summed E-state index contributed by atoms with van der Waals surface area (Å²) in [6, 6.07) is 11.9. The van der Waals surface area contributed by atoms with Crippen LogP contribution in [0.1, 0.15) is 47.9 Å². The van der Waals surface area contributed by atoms with Crippen molar-refractivity contribution >= 4 is 28.3 Å². The Morgan fingerprint density at radius 1 is 1.17 bits per heavy atom. The van der Waals surface area contributed by atoms with Crippen molar-refractivity contribution in [1.29, 1.82) is 0 Å². The van der Waals surface area contributed by atoms with Crippen LogP contribution in [-0.4, -0.2) is 41.8 Å². The summed E-state index contributed by atoms with van der Waals surface area (Å²) in [6.07, 6.45) is 0.881. The Labute approximate surface area is 173 Å². The van der Waals surface area contributed by atoms with E-state index in [-0.39, 0.29) is 17.9 Å². The molecule has 0 fully saturated rings. The van der Waals surface area contributed by atoms with Gasteiger partial charge in [0.2, 0.25) is 0 Å². The first kappa shape index (κ1) is 21.2. The van der Waals surface area contributed by atoms with Crippen molar-refractivity contribution < 1.29 is 18.5 Å². The highest BCUT2D eigenvalue weighted by atomic mass is 32.2. The summed E-state index contributed by atoms with van der Waals surface area (Å²) in [6.45, 7) is 7.29. The molecule has 0 spiro atoms. The van der Waals surface area contributed by atoms with Gasteiger partial charge in [0, 0.05) is 25.3 Å². The molecule has 7 heteroatoms. The molecule has 2 aromatic rings. The normalized spacial score (nSPS) is 15.7. The van der Waals surface area contributed by atoms with Crippen LogP contribution in [-0.2, 0) is 15.5 Å². The van der Waals surface area contributed by atoms with Gasteiger partial charge in [-0.25, -0.2) is 4.21 Å². The van der Waals surface area contributed by atoms with Crippen LogP contribution >= 0.6 is 0 Å². The molecule has 6 nitrogen and oxygen atoms in total. The Hall–Kier alpha value is -2.51. The van der Waals surface area contributed by atoms with Crippen LogP contribution in [0.15, 0.2) is 52.3 Å². The number of nitrogens with one attached hydrogen (secondary N) is 1. The molecule has 0 unspecified atom stereocenters. The zero-order valence-electron chi connectivity index (χ0n) is 16.9. The summed E-state index contributed by atoms with van der Waals surface area (Å²) < 4.78 is 18.6. The Morgan fingerprint density at radius 2 is 1.93 bits per heavy atom. The van der Waals surface area contributed by atoms with Gasteiger partial charge >= 0.3 is 0 Å². The van der Waals surface area contributed by atoms with Crippen LogP contribution in [0.2, 0.25) is 0 Å². The lowest BCUT2D eigenvalue weighted by Gasteiger charge is -2.21. The van der Waals surface area contributed by atoms with E-state index in [0.29, 0.717) is 52.7 Å². The summed E-state index contributed by atoms with van der Waals surface area (Å²) in [7, 11) is -1.50. The van der Waals surface area contributed by atoms with E-state index in [4.69, 9.17) is 4.74 Å². The van der Waals surface area contributed by atoms with E-state index in [0.717, 1.165) is 0 Å². The first-order valence-electron chi connectivity index (χ1n) is 9.80. The van der Waals surface area contributed by atoms with Gasteiger partial charge in [0.1, 0.15) is 0 Å². The topological polar surface area (TPSA) is 75.7 Å². The largest absolute Gasteiger partial charge is 0.379 e. The van der Waals surface area contributed by atoms with Gasteiger partial charge in [0.25, 0.3) is 11.8 Å². The van der Waals surface area contributed by atoms with E-state index in [2.05, 4.69) is 5.32 Å². The SMILES string of the molecule is CCN1C(=O)c2ccccc2[S@@](=O)c2ccc(C(=O)NCCCOC(C)C)cc21. The zero-order chi connectivity index (χ0) is 21.0. The first-order valence-corrected chi connectivity index (χ1v) is 11.0. The Balaban J connectivity index is 1.84. The minimum Gasteiger partial charge on any atom is -0.379 e. The number of fused-ring (bicyclic) bond motifs is 2. The molecule has 1 aliphatic rings. The summed E-state index contributed by atoms with van der Waals surface area (Å²) in [5.74, 6) is -0.438. The maximum Gasteiger partial charge on any atom is 0.259 e. The highest BCUT2D eigenvalue weighted by Crippen LogP contribution is 2.34. The first-order chi connectivity index (χ1) is 13.9. The van der Waals surface area contributed by atoms with Crippen molar-refractivity contribution in [3.63, 3.8) is 0 Å². The molecule has 1 heterocycles. The number of hydrogen-bond acceptors (Lipinski definition) is 4. The molecule has 0 radical (unpaired) electrons. The second-order valence-electron chi connectivity index (χ2n) is 7.03. The molecule has 3 rings (SSSR count). The van der Waals surface area contributed by atoms with E-state index in [1.807, 2.05) is 20.8 Å². The van der Waals surface area contributed by atoms with E-state index in [1.165, 1.54) is 0 Å². The monoisotopic (exact) mass is 414 g/mol. The van der Waals surface area contributed by atoms with Gasteiger partial charge in [-0.15, -0.1) is 0 Å². The lowest BCUT2D eigenvalue weighted by molar-refractivity contribution is 0.0757. The molecule has 1 N–H and O–H groups in total. The van der Waals surface area contributed by atoms with Crippen molar-refractivity contribution in [3.8, 4) is 0 Å². The second kappa shape index (κ2) is 9.33. The molecule has 0 aromatic heterocycles. The van der Waals surface area contributed by atoms with Crippen LogP contribution in [0.5, 0.6) is 0 Å². The third-order valence-electron chi connectivity index (χ3n) is 4.65. The third kappa shape index (κ3) is 4.57. The number of nitrogens with zero attached hydrogens (tertiary/aromatic N) is 1. The lowest BCUT2D eigenvalue weighted by atomic mass is 10.1. The molecule has 0 saturated carbocycles. The lowest BCUT2D eigenvalue weighted by Crippen LogP contribution is -2.31.